The lowest BCUT2D eigenvalue weighted by atomic mass is 10.2. The molecule has 0 amide bonds. The van der Waals surface area contributed by atoms with Gasteiger partial charge in [0, 0.05) is 24.7 Å². The molecule has 0 aliphatic carbocycles. The Morgan fingerprint density at radius 1 is 1.28 bits per heavy atom. The Bertz CT molecular complexity index is 424. The molecule has 100 valence electrons. The maximum Gasteiger partial charge on any atom is 0.294 e. The molecule has 0 aliphatic heterocycles. The lowest BCUT2D eigenvalue weighted by Crippen LogP contribution is -2.23. The largest absolute Gasteiger partial charge is 0.369 e. The summed E-state index contributed by atoms with van der Waals surface area (Å²) >= 11 is 5.78. The van der Waals surface area contributed by atoms with Crippen molar-refractivity contribution >= 4 is 23.0 Å². The Morgan fingerprint density at radius 3 is 2.50 bits per heavy atom. The van der Waals surface area contributed by atoms with Crippen molar-refractivity contribution in [2.75, 3.05) is 39.1 Å². The van der Waals surface area contributed by atoms with Gasteiger partial charge < -0.3 is 9.80 Å². The second-order valence-electron chi connectivity index (χ2n) is 4.47. The predicted octanol–water partition coefficient (Wildman–Crippen LogP) is 2.64. The lowest BCUT2D eigenvalue weighted by Gasteiger charge is -2.20. The highest BCUT2D eigenvalue weighted by Gasteiger charge is 2.17. The average Bonchev–Trinajstić information content (AvgIpc) is 2.28. The van der Waals surface area contributed by atoms with E-state index in [1.807, 2.05) is 26.0 Å². The van der Waals surface area contributed by atoms with Crippen molar-refractivity contribution in [1.82, 2.24) is 4.90 Å². The summed E-state index contributed by atoms with van der Waals surface area (Å²) < 4.78 is 0. The van der Waals surface area contributed by atoms with Gasteiger partial charge >= 0.3 is 0 Å². The fourth-order valence-corrected chi connectivity index (χ4v) is 1.88. The summed E-state index contributed by atoms with van der Waals surface area (Å²) in [7, 11) is 5.86. The van der Waals surface area contributed by atoms with Crippen molar-refractivity contribution in [2.45, 2.75) is 6.42 Å². The van der Waals surface area contributed by atoms with E-state index in [1.165, 1.54) is 6.07 Å². The van der Waals surface area contributed by atoms with Crippen LogP contribution in [0.2, 0.25) is 5.02 Å². The van der Waals surface area contributed by atoms with Crippen LogP contribution in [0.5, 0.6) is 0 Å². The highest BCUT2D eigenvalue weighted by atomic mass is 35.5. The van der Waals surface area contributed by atoms with Crippen molar-refractivity contribution < 1.29 is 4.92 Å². The van der Waals surface area contributed by atoms with Crippen LogP contribution in [0.15, 0.2) is 18.2 Å². The molecule has 0 heterocycles. The molecule has 0 saturated heterocycles. The van der Waals surface area contributed by atoms with Crippen LogP contribution < -0.4 is 4.90 Å². The topological polar surface area (TPSA) is 49.6 Å². The van der Waals surface area contributed by atoms with Crippen LogP contribution in [0.1, 0.15) is 6.42 Å². The fraction of sp³-hybridized carbons (Fsp3) is 0.500. The van der Waals surface area contributed by atoms with Crippen LogP contribution in [-0.4, -0.2) is 44.1 Å². The van der Waals surface area contributed by atoms with Gasteiger partial charge in [0.25, 0.3) is 5.69 Å². The van der Waals surface area contributed by atoms with Gasteiger partial charge in [-0.25, -0.2) is 0 Å². The van der Waals surface area contributed by atoms with Crippen molar-refractivity contribution in [3.8, 4) is 0 Å². The van der Waals surface area contributed by atoms with Gasteiger partial charge in [0.2, 0.25) is 0 Å². The maximum atomic E-state index is 11.0. The molecule has 0 unspecified atom stereocenters. The van der Waals surface area contributed by atoms with Crippen LogP contribution in [0.25, 0.3) is 0 Å². The number of hydrogen-bond acceptors (Lipinski definition) is 4. The van der Waals surface area contributed by atoms with Crippen LogP contribution in [0, 0.1) is 10.1 Å². The van der Waals surface area contributed by atoms with Gasteiger partial charge in [0.15, 0.2) is 0 Å². The van der Waals surface area contributed by atoms with Crippen LogP contribution in [0.4, 0.5) is 11.4 Å². The minimum Gasteiger partial charge on any atom is -0.369 e. The molecule has 1 aromatic carbocycles. The van der Waals surface area contributed by atoms with Gasteiger partial charge in [-0.1, -0.05) is 11.6 Å². The minimum atomic E-state index is -0.399. The quantitative estimate of drug-likeness (QED) is 0.590. The molecule has 0 N–H and O–H groups in total. The number of halogens is 1. The normalized spacial score (nSPS) is 10.7. The first-order valence-electron chi connectivity index (χ1n) is 5.71. The van der Waals surface area contributed by atoms with E-state index in [0.29, 0.717) is 10.7 Å². The summed E-state index contributed by atoms with van der Waals surface area (Å²) in [5.74, 6) is 0. The monoisotopic (exact) mass is 271 g/mol. The van der Waals surface area contributed by atoms with E-state index in [9.17, 15) is 10.1 Å². The third-order valence-corrected chi connectivity index (χ3v) is 2.88. The summed E-state index contributed by atoms with van der Waals surface area (Å²) in [6, 6.07) is 4.75. The van der Waals surface area contributed by atoms with Crippen LogP contribution in [0.3, 0.4) is 0 Å². The molecule has 0 saturated carbocycles. The van der Waals surface area contributed by atoms with Crippen molar-refractivity contribution in [2.24, 2.45) is 0 Å². The fourth-order valence-electron chi connectivity index (χ4n) is 1.71. The first-order valence-corrected chi connectivity index (χ1v) is 6.09. The molecule has 0 spiro atoms. The van der Waals surface area contributed by atoms with E-state index in [-0.39, 0.29) is 5.69 Å². The zero-order chi connectivity index (χ0) is 13.7. The highest BCUT2D eigenvalue weighted by molar-refractivity contribution is 6.30. The molecule has 0 aliphatic rings. The van der Waals surface area contributed by atoms with Crippen LogP contribution in [-0.2, 0) is 0 Å². The van der Waals surface area contributed by atoms with E-state index in [0.717, 1.165) is 19.5 Å². The van der Waals surface area contributed by atoms with Gasteiger partial charge in [-0.15, -0.1) is 0 Å². The standard InChI is InChI=1S/C12H18ClN3O2/c1-14(2)7-4-8-15(3)11-6-5-10(13)9-12(11)16(17)18/h5-6,9H,4,7-8H2,1-3H3. The first kappa shape index (κ1) is 14.7. The number of rotatable bonds is 6. The number of nitro benzene ring substituents is 1. The number of benzene rings is 1. The van der Waals surface area contributed by atoms with Gasteiger partial charge in [-0.3, -0.25) is 10.1 Å². The van der Waals surface area contributed by atoms with E-state index in [1.54, 1.807) is 12.1 Å². The Morgan fingerprint density at radius 2 is 1.94 bits per heavy atom. The first-order chi connectivity index (χ1) is 8.41. The van der Waals surface area contributed by atoms with E-state index in [2.05, 4.69) is 4.90 Å². The summed E-state index contributed by atoms with van der Waals surface area (Å²) in [4.78, 5) is 14.5. The molecule has 0 atom stereocenters. The summed E-state index contributed by atoms with van der Waals surface area (Å²) in [6.07, 6.45) is 0.948. The SMILES string of the molecule is CN(C)CCCN(C)c1ccc(Cl)cc1[N+](=O)[O-]. The van der Waals surface area contributed by atoms with Gasteiger partial charge in [-0.2, -0.15) is 0 Å². The maximum absolute atomic E-state index is 11.0. The Balaban J connectivity index is 2.78. The van der Waals surface area contributed by atoms with Gasteiger partial charge in [0.1, 0.15) is 5.69 Å². The molecule has 0 aromatic heterocycles. The van der Waals surface area contributed by atoms with Gasteiger partial charge in [0.05, 0.1) is 4.92 Å². The molecule has 0 bridgehead atoms. The second kappa shape index (κ2) is 6.56. The van der Waals surface area contributed by atoms with Crippen molar-refractivity contribution in [1.29, 1.82) is 0 Å². The third kappa shape index (κ3) is 4.16. The Kier molecular flexibility index (Phi) is 5.37. The van der Waals surface area contributed by atoms with Crippen molar-refractivity contribution in [3.63, 3.8) is 0 Å². The molecular formula is C12H18ClN3O2. The summed E-state index contributed by atoms with van der Waals surface area (Å²) in [5, 5.41) is 11.4. The summed E-state index contributed by atoms with van der Waals surface area (Å²) in [6.45, 7) is 1.71. The molecule has 18 heavy (non-hydrogen) atoms. The Hall–Kier alpha value is -1.33. The van der Waals surface area contributed by atoms with Gasteiger partial charge in [-0.05, 0) is 39.2 Å². The Labute approximate surface area is 112 Å². The van der Waals surface area contributed by atoms with Crippen molar-refractivity contribution in [3.05, 3.63) is 33.3 Å². The highest BCUT2D eigenvalue weighted by Crippen LogP contribution is 2.30. The molecule has 0 fully saturated rings. The second-order valence-corrected chi connectivity index (χ2v) is 4.90. The number of hydrogen-bond donors (Lipinski definition) is 0. The minimum absolute atomic E-state index is 0.0508. The van der Waals surface area contributed by atoms with E-state index >= 15 is 0 Å². The lowest BCUT2D eigenvalue weighted by molar-refractivity contribution is -0.384. The molecule has 1 aromatic rings. The predicted molar refractivity (Wildman–Crippen MR) is 74.5 cm³/mol. The zero-order valence-electron chi connectivity index (χ0n) is 10.9. The molecule has 0 radical (unpaired) electrons. The smallest absolute Gasteiger partial charge is 0.294 e. The molecule has 1 rings (SSSR count). The van der Waals surface area contributed by atoms with E-state index in [4.69, 9.17) is 11.6 Å². The number of nitrogens with zero attached hydrogens (tertiary/aromatic N) is 3. The average molecular weight is 272 g/mol. The molecular weight excluding hydrogens is 254 g/mol. The van der Waals surface area contributed by atoms with E-state index < -0.39 is 4.92 Å². The molecule has 6 heteroatoms. The summed E-state index contributed by atoms with van der Waals surface area (Å²) in [5.41, 5.74) is 0.651. The van der Waals surface area contributed by atoms with Crippen LogP contribution >= 0.6 is 11.6 Å². The number of nitro groups is 1. The number of anilines is 1. The molecule has 5 nitrogen and oxygen atoms in total. The third-order valence-electron chi connectivity index (χ3n) is 2.64. The zero-order valence-corrected chi connectivity index (χ0v) is 11.6.